The molecule has 0 atom stereocenters. The Bertz CT molecular complexity index is 1100. The van der Waals surface area contributed by atoms with Crippen LogP contribution in [-0.4, -0.2) is 37.6 Å². The third-order valence-corrected chi connectivity index (χ3v) is 5.93. The van der Waals surface area contributed by atoms with Gasteiger partial charge in [-0.1, -0.05) is 11.6 Å². The molecule has 158 valence electrons. The number of carbonyl (C=O) groups excluding carboxylic acids is 1. The Kier molecular flexibility index (Phi) is 6.96. The minimum Gasteiger partial charge on any atom is -0.465 e. The highest BCUT2D eigenvalue weighted by molar-refractivity contribution is 7.92. The summed E-state index contributed by atoms with van der Waals surface area (Å²) in [7, 11) is -2.74. The third kappa shape index (κ3) is 5.52. The SMILES string of the molecule is COC(=O)c1ccc(NCCCn2ccnc2)c(S(=O)(=O)Nc2ccc(Cl)cc2)c1. The number of benzene rings is 2. The molecule has 0 radical (unpaired) electrons. The van der Waals surface area contributed by atoms with Crippen LogP contribution >= 0.6 is 11.6 Å². The molecule has 0 unspecified atom stereocenters. The van der Waals surface area contributed by atoms with Gasteiger partial charge in [0.25, 0.3) is 10.0 Å². The van der Waals surface area contributed by atoms with E-state index < -0.39 is 16.0 Å². The minimum atomic E-state index is -3.98. The van der Waals surface area contributed by atoms with E-state index >= 15 is 0 Å². The van der Waals surface area contributed by atoms with Gasteiger partial charge in [-0.25, -0.2) is 18.2 Å². The van der Waals surface area contributed by atoms with E-state index in [0.717, 1.165) is 13.0 Å². The van der Waals surface area contributed by atoms with Crippen molar-refractivity contribution in [1.82, 2.24) is 9.55 Å². The lowest BCUT2D eigenvalue weighted by Crippen LogP contribution is -2.17. The van der Waals surface area contributed by atoms with Crippen molar-refractivity contribution in [3.05, 3.63) is 71.8 Å². The number of halogens is 1. The van der Waals surface area contributed by atoms with Crippen molar-refractivity contribution in [1.29, 1.82) is 0 Å². The summed E-state index contributed by atoms with van der Waals surface area (Å²) in [6.07, 6.45) is 6.03. The van der Waals surface area contributed by atoms with Crippen LogP contribution in [0, 0.1) is 0 Å². The maximum Gasteiger partial charge on any atom is 0.337 e. The number of hydrogen-bond acceptors (Lipinski definition) is 6. The van der Waals surface area contributed by atoms with Gasteiger partial charge in [-0.3, -0.25) is 4.72 Å². The molecule has 30 heavy (non-hydrogen) atoms. The quantitative estimate of drug-likeness (QED) is 0.383. The summed E-state index contributed by atoms with van der Waals surface area (Å²) in [5, 5.41) is 3.63. The molecule has 0 saturated heterocycles. The highest BCUT2D eigenvalue weighted by Crippen LogP contribution is 2.26. The van der Waals surface area contributed by atoms with Crippen molar-refractivity contribution in [3.8, 4) is 0 Å². The van der Waals surface area contributed by atoms with E-state index in [2.05, 4.69) is 15.0 Å². The number of aryl methyl sites for hydroxylation is 1. The summed E-state index contributed by atoms with van der Waals surface area (Å²) >= 11 is 5.86. The maximum atomic E-state index is 13.0. The van der Waals surface area contributed by atoms with Gasteiger partial charge in [0.2, 0.25) is 0 Å². The van der Waals surface area contributed by atoms with Crippen LogP contribution in [0.2, 0.25) is 5.02 Å². The van der Waals surface area contributed by atoms with E-state index in [1.54, 1.807) is 42.9 Å². The molecule has 2 N–H and O–H groups in total. The molecule has 10 heteroatoms. The third-order valence-electron chi connectivity index (χ3n) is 4.26. The second-order valence-electron chi connectivity index (χ2n) is 6.40. The number of imidazole rings is 1. The number of nitrogens with zero attached hydrogens (tertiary/aromatic N) is 2. The summed E-state index contributed by atoms with van der Waals surface area (Å²) in [6.45, 7) is 1.26. The molecule has 0 aliphatic heterocycles. The Labute approximate surface area is 179 Å². The standard InChI is InChI=1S/C20H21ClN4O4S/c1-29-20(26)15-3-8-18(23-9-2-11-25-12-10-22-14-25)19(13-15)30(27,28)24-17-6-4-16(21)5-7-17/h3-8,10,12-14,23-24H,2,9,11H2,1H3. The molecule has 2 aromatic carbocycles. The number of anilines is 2. The predicted molar refractivity (Wildman–Crippen MR) is 115 cm³/mol. The van der Waals surface area contributed by atoms with Crippen LogP contribution in [0.15, 0.2) is 66.1 Å². The van der Waals surface area contributed by atoms with E-state index in [1.165, 1.54) is 19.2 Å². The monoisotopic (exact) mass is 448 g/mol. The lowest BCUT2D eigenvalue weighted by molar-refractivity contribution is 0.0600. The number of methoxy groups -OCH3 is 1. The highest BCUT2D eigenvalue weighted by Gasteiger charge is 2.21. The van der Waals surface area contributed by atoms with Crippen LogP contribution in [0.1, 0.15) is 16.8 Å². The summed E-state index contributed by atoms with van der Waals surface area (Å²) in [5.74, 6) is -0.621. The zero-order chi connectivity index (χ0) is 21.6. The molecule has 3 aromatic rings. The van der Waals surface area contributed by atoms with Gasteiger partial charge in [-0.2, -0.15) is 0 Å². The summed E-state index contributed by atoms with van der Waals surface area (Å²) in [5.41, 5.74) is 0.877. The van der Waals surface area contributed by atoms with Crippen molar-refractivity contribution in [2.75, 3.05) is 23.7 Å². The molecule has 8 nitrogen and oxygen atoms in total. The Balaban J connectivity index is 1.82. The average Bonchev–Trinajstić information content (AvgIpc) is 3.25. The molecule has 0 amide bonds. The first-order valence-electron chi connectivity index (χ1n) is 9.09. The molecule has 1 heterocycles. The minimum absolute atomic E-state index is 0.0528. The largest absolute Gasteiger partial charge is 0.465 e. The number of esters is 1. The second kappa shape index (κ2) is 9.64. The molecule has 3 rings (SSSR count). The van der Waals surface area contributed by atoms with Crippen molar-refractivity contribution < 1.29 is 17.9 Å². The summed E-state index contributed by atoms with van der Waals surface area (Å²) in [4.78, 5) is 15.8. The van der Waals surface area contributed by atoms with Crippen LogP contribution in [0.5, 0.6) is 0 Å². The van der Waals surface area contributed by atoms with Crippen LogP contribution in [-0.2, 0) is 21.3 Å². The lowest BCUT2D eigenvalue weighted by atomic mass is 10.2. The average molecular weight is 449 g/mol. The van der Waals surface area contributed by atoms with Gasteiger partial charge in [0.1, 0.15) is 4.90 Å². The van der Waals surface area contributed by atoms with Gasteiger partial charge in [-0.15, -0.1) is 0 Å². The Morgan fingerprint density at radius 3 is 2.63 bits per heavy atom. The lowest BCUT2D eigenvalue weighted by Gasteiger charge is -2.15. The van der Waals surface area contributed by atoms with E-state index in [1.807, 2.05) is 10.8 Å². The number of carbonyl (C=O) groups is 1. The van der Waals surface area contributed by atoms with Crippen LogP contribution < -0.4 is 10.0 Å². The first-order valence-corrected chi connectivity index (χ1v) is 11.0. The van der Waals surface area contributed by atoms with Gasteiger partial charge < -0.3 is 14.6 Å². The maximum absolute atomic E-state index is 13.0. The topological polar surface area (TPSA) is 102 Å². The van der Waals surface area contributed by atoms with Crippen molar-refractivity contribution in [2.45, 2.75) is 17.9 Å². The Morgan fingerprint density at radius 2 is 1.97 bits per heavy atom. The fourth-order valence-corrected chi connectivity index (χ4v) is 4.16. The van der Waals surface area contributed by atoms with Crippen LogP contribution in [0.4, 0.5) is 11.4 Å². The highest BCUT2D eigenvalue weighted by atomic mass is 35.5. The number of sulfonamides is 1. The van der Waals surface area contributed by atoms with Crippen molar-refractivity contribution in [2.24, 2.45) is 0 Å². The first kappa shape index (κ1) is 21.7. The van der Waals surface area contributed by atoms with E-state index in [9.17, 15) is 13.2 Å². The molecule has 0 spiro atoms. The second-order valence-corrected chi connectivity index (χ2v) is 8.48. The molecule has 0 aliphatic carbocycles. The van der Waals surface area contributed by atoms with Gasteiger partial charge in [0.15, 0.2) is 0 Å². The Morgan fingerprint density at radius 1 is 1.20 bits per heavy atom. The molecule has 0 aliphatic rings. The van der Waals surface area contributed by atoms with Crippen molar-refractivity contribution >= 4 is 39.0 Å². The predicted octanol–water partition coefficient (Wildman–Crippen LogP) is 3.63. The van der Waals surface area contributed by atoms with E-state index in [-0.39, 0.29) is 10.5 Å². The zero-order valence-corrected chi connectivity index (χ0v) is 17.8. The normalized spacial score (nSPS) is 11.1. The van der Waals surface area contributed by atoms with Gasteiger partial charge in [0, 0.05) is 36.2 Å². The number of nitrogens with one attached hydrogen (secondary N) is 2. The van der Waals surface area contributed by atoms with Gasteiger partial charge in [-0.05, 0) is 48.9 Å². The number of ether oxygens (including phenoxy) is 1. The fourth-order valence-electron chi connectivity index (χ4n) is 2.77. The number of hydrogen-bond donors (Lipinski definition) is 2. The number of aromatic nitrogens is 2. The molecular weight excluding hydrogens is 428 g/mol. The number of rotatable bonds is 9. The zero-order valence-electron chi connectivity index (χ0n) is 16.2. The van der Waals surface area contributed by atoms with E-state index in [0.29, 0.717) is 22.9 Å². The van der Waals surface area contributed by atoms with Crippen LogP contribution in [0.25, 0.3) is 0 Å². The van der Waals surface area contributed by atoms with E-state index in [4.69, 9.17) is 16.3 Å². The summed E-state index contributed by atoms with van der Waals surface area (Å²) in [6, 6.07) is 10.6. The molecule has 0 saturated carbocycles. The Hall–Kier alpha value is -3.04. The first-order chi connectivity index (χ1) is 14.4. The molecular formula is C20H21ClN4O4S. The molecule has 0 bridgehead atoms. The van der Waals surface area contributed by atoms with Crippen LogP contribution in [0.3, 0.4) is 0 Å². The fraction of sp³-hybridized carbons (Fsp3) is 0.200. The molecule has 1 aromatic heterocycles. The molecule has 0 fully saturated rings. The van der Waals surface area contributed by atoms with Gasteiger partial charge in [0.05, 0.1) is 24.7 Å². The van der Waals surface area contributed by atoms with Crippen molar-refractivity contribution in [3.63, 3.8) is 0 Å². The smallest absolute Gasteiger partial charge is 0.337 e. The summed E-state index contributed by atoms with van der Waals surface area (Å²) < 4.78 is 35.2. The van der Waals surface area contributed by atoms with Gasteiger partial charge >= 0.3 is 5.97 Å².